The van der Waals surface area contributed by atoms with Crippen molar-refractivity contribution in [1.82, 2.24) is 10.3 Å². The molecule has 1 aliphatic carbocycles. The van der Waals surface area contributed by atoms with Gasteiger partial charge in [0.05, 0.1) is 23.8 Å². The summed E-state index contributed by atoms with van der Waals surface area (Å²) in [5.74, 6) is -0.627. The molecule has 1 atom stereocenters. The highest BCUT2D eigenvalue weighted by Gasteiger charge is 2.23. The average molecular weight is 711 g/mol. The van der Waals surface area contributed by atoms with Gasteiger partial charge in [-0.05, 0) is 115 Å². The Kier molecular flexibility index (Phi) is 11.0. The number of carbonyl (C=O) groups excluding carboxylic acids is 2. The van der Waals surface area contributed by atoms with Crippen molar-refractivity contribution < 1.29 is 19.5 Å². The molecule has 1 saturated heterocycles. The van der Waals surface area contributed by atoms with E-state index in [4.69, 9.17) is 10.1 Å². The molecule has 9 heteroatoms. The number of piperidine rings is 1. The number of nitrogens with zero attached hydrogens (tertiary/aromatic N) is 2. The number of hydrogen-bond donors (Lipinski definition) is 3. The first kappa shape index (κ1) is 35.0. The summed E-state index contributed by atoms with van der Waals surface area (Å²) < 4.78 is 0. The van der Waals surface area contributed by atoms with Crippen molar-refractivity contribution in [2.24, 2.45) is 0 Å². The lowest BCUT2D eigenvalue weighted by molar-refractivity contribution is -0.136. The number of amides is 2. The molecular weight excluding hydrogens is 669 g/mol. The second-order valence-electron chi connectivity index (χ2n) is 13.5. The maximum absolute atomic E-state index is 13.8. The molecule has 4 aromatic carbocycles. The van der Waals surface area contributed by atoms with Crippen LogP contribution in [0.2, 0.25) is 0 Å². The Morgan fingerprint density at radius 3 is 2.46 bits per heavy atom. The number of aromatic nitrogens is 1. The first-order valence-corrected chi connectivity index (χ1v) is 19.0. The van der Waals surface area contributed by atoms with Crippen LogP contribution < -0.4 is 15.5 Å². The maximum Gasteiger partial charge on any atom is 0.307 e. The number of thioether (sulfide) groups is 1. The second-order valence-corrected chi connectivity index (χ2v) is 14.5. The van der Waals surface area contributed by atoms with Crippen LogP contribution in [0, 0.1) is 0 Å². The minimum absolute atomic E-state index is 0.0203. The van der Waals surface area contributed by atoms with Crippen molar-refractivity contribution in [3.63, 3.8) is 0 Å². The number of hydrogen-bond acceptors (Lipinski definition) is 6. The molecule has 264 valence electrons. The van der Waals surface area contributed by atoms with Crippen LogP contribution in [0.4, 0.5) is 11.4 Å². The van der Waals surface area contributed by atoms with Gasteiger partial charge in [0.2, 0.25) is 0 Å². The number of anilines is 2. The van der Waals surface area contributed by atoms with Crippen LogP contribution in [0.3, 0.4) is 0 Å². The van der Waals surface area contributed by atoms with Crippen molar-refractivity contribution in [3.8, 4) is 11.3 Å². The summed E-state index contributed by atoms with van der Waals surface area (Å²) in [7, 11) is 0. The molecule has 2 amide bonds. The fourth-order valence-electron chi connectivity index (χ4n) is 7.15. The lowest BCUT2D eigenvalue weighted by atomic mass is 9.87. The van der Waals surface area contributed by atoms with E-state index in [-0.39, 0.29) is 24.3 Å². The summed E-state index contributed by atoms with van der Waals surface area (Å²) in [6, 6.07) is 33.0. The van der Waals surface area contributed by atoms with E-state index in [9.17, 15) is 14.4 Å². The van der Waals surface area contributed by atoms with E-state index in [1.807, 2.05) is 66.7 Å². The van der Waals surface area contributed by atoms with Crippen LogP contribution in [0.25, 0.3) is 11.3 Å². The lowest BCUT2D eigenvalue weighted by Crippen LogP contribution is -2.31. The smallest absolute Gasteiger partial charge is 0.307 e. The quantitative estimate of drug-likeness (QED) is 0.118. The fourth-order valence-corrected chi connectivity index (χ4v) is 8.07. The molecule has 2 aliphatic rings. The molecule has 8 nitrogen and oxygen atoms in total. The largest absolute Gasteiger partial charge is 0.481 e. The zero-order chi connectivity index (χ0) is 35.9. The normalized spacial score (nSPS) is 15.4. The molecule has 5 aromatic rings. The highest BCUT2D eigenvalue weighted by Crippen LogP contribution is 2.34. The number of nitrogens with one attached hydrogen (secondary N) is 2. The summed E-state index contributed by atoms with van der Waals surface area (Å²) >= 11 is 1.59. The topological polar surface area (TPSA) is 112 Å². The van der Waals surface area contributed by atoms with Crippen LogP contribution in [-0.2, 0) is 23.4 Å². The number of rotatable bonds is 11. The highest BCUT2D eigenvalue weighted by molar-refractivity contribution is 7.98. The van der Waals surface area contributed by atoms with Crippen LogP contribution >= 0.6 is 11.8 Å². The Morgan fingerprint density at radius 1 is 0.788 bits per heavy atom. The van der Waals surface area contributed by atoms with Crippen LogP contribution in [0.5, 0.6) is 0 Å². The number of fused-ring (bicyclic) bond motifs is 1. The predicted molar refractivity (Wildman–Crippen MR) is 207 cm³/mol. The number of carboxylic acids is 1. The van der Waals surface area contributed by atoms with Gasteiger partial charge >= 0.3 is 5.97 Å². The Hall–Kier alpha value is -5.41. The van der Waals surface area contributed by atoms with Gasteiger partial charge in [-0.25, -0.2) is 0 Å². The van der Waals surface area contributed by atoms with E-state index in [0.717, 1.165) is 72.5 Å². The van der Waals surface area contributed by atoms with Crippen LogP contribution in [-0.4, -0.2) is 41.0 Å². The summed E-state index contributed by atoms with van der Waals surface area (Å²) in [5, 5.41) is 15.6. The average Bonchev–Trinajstić information content (AvgIpc) is 3.18. The first-order chi connectivity index (χ1) is 25.4. The minimum Gasteiger partial charge on any atom is -0.481 e. The fraction of sp³-hybridized carbons (Fsp3) is 0.256. The van der Waals surface area contributed by atoms with Crippen LogP contribution in [0.15, 0.2) is 114 Å². The lowest BCUT2D eigenvalue weighted by Gasteiger charge is -2.29. The third-order valence-corrected chi connectivity index (χ3v) is 10.9. The van der Waals surface area contributed by atoms with E-state index >= 15 is 0 Å². The Balaban J connectivity index is 1.12. The number of carbonyl (C=O) groups is 3. The molecule has 1 aliphatic heterocycles. The van der Waals surface area contributed by atoms with Gasteiger partial charge < -0.3 is 20.6 Å². The van der Waals surface area contributed by atoms with Crippen molar-refractivity contribution in [1.29, 1.82) is 0 Å². The maximum atomic E-state index is 13.8. The Morgan fingerprint density at radius 2 is 1.60 bits per heavy atom. The third-order valence-electron chi connectivity index (χ3n) is 9.79. The number of carboxylic acid groups (broad SMARTS) is 1. The van der Waals surface area contributed by atoms with Gasteiger partial charge in [-0.2, -0.15) is 0 Å². The van der Waals surface area contributed by atoms with Gasteiger partial charge in [-0.3, -0.25) is 19.4 Å². The van der Waals surface area contributed by atoms with E-state index < -0.39 is 5.97 Å². The molecule has 1 aromatic heterocycles. The van der Waals surface area contributed by atoms with Gasteiger partial charge in [0.25, 0.3) is 11.8 Å². The van der Waals surface area contributed by atoms with Crippen molar-refractivity contribution in [2.75, 3.05) is 23.3 Å². The van der Waals surface area contributed by atoms with Gasteiger partial charge in [-0.15, -0.1) is 11.8 Å². The molecule has 52 heavy (non-hydrogen) atoms. The van der Waals surface area contributed by atoms with E-state index in [1.54, 1.807) is 30.1 Å². The zero-order valence-electron chi connectivity index (χ0n) is 29.0. The monoisotopic (exact) mass is 710 g/mol. The van der Waals surface area contributed by atoms with Gasteiger partial charge in [0.1, 0.15) is 0 Å². The molecule has 0 bridgehead atoms. The van der Waals surface area contributed by atoms with Crippen molar-refractivity contribution in [3.05, 3.63) is 143 Å². The second kappa shape index (κ2) is 16.3. The molecule has 1 unspecified atom stereocenters. The summed E-state index contributed by atoms with van der Waals surface area (Å²) in [4.78, 5) is 46.7. The summed E-state index contributed by atoms with van der Waals surface area (Å²) in [6.07, 6.45) is 8.08. The molecule has 1 fully saturated rings. The zero-order valence-corrected chi connectivity index (χ0v) is 29.8. The SMILES string of the molecule is O=C(O)Cc1cccc(SCc2cccc(C(=O)Nc3ccc(N4CCCCC4)cc3-c3cc(C(=O)NC4CCCc5ccccc54)ccn3)c2)c1. The Bertz CT molecular complexity index is 2090. The molecule has 0 saturated carbocycles. The summed E-state index contributed by atoms with van der Waals surface area (Å²) in [5.41, 5.74) is 8.29. The van der Waals surface area contributed by atoms with Crippen molar-refractivity contribution >= 4 is 40.9 Å². The number of aryl methyl sites for hydroxylation is 1. The van der Waals surface area contributed by atoms with E-state index in [0.29, 0.717) is 28.3 Å². The molecule has 3 N–H and O–H groups in total. The van der Waals surface area contributed by atoms with E-state index in [2.05, 4.69) is 39.8 Å². The molecule has 7 rings (SSSR count). The minimum atomic E-state index is -0.861. The standard InChI is InChI=1S/C43H42N4O4S/c48-41(49)25-29-9-7-14-35(24-29)52-28-30-10-6-13-32(23-30)42(50)46-39-18-17-34(47-21-4-1-5-22-47)27-37(39)40-26-33(19-20-44-40)43(51)45-38-16-8-12-31-11-2-3-15-36(31)38/h2-3,6-7,9-11,13-15,17-20,23-24,26-27,38H,1,4-5,8,12,16,21-22,25,28H2,(H,45,51)(H,46,50)(H,48,49). The molecular formula is C43H42N4O4S. The number of pyridine rings is 1. The predicted octanol–water partition coefficient (Wildman–Crippen LogP) is 8.72. The van der Waals surface area contributed by atoms with Gasteiger partial charge in [0, 0.05) is 52.3 Å². The highest BCUT2D eigenvalue weighted by atomic mass is 32.2. The van der Waals surface area contributed by atoms with Gasteiger partial charge in [-0.1, -0.05) is 48.5 Å². The molecule has 0 spiro atoms. The molecule has 2 heterocycles. The third kappa shape index (κ3) is 8.54. The Labute approximate surface area is 308 Å². The van der Waals surface area contributed by atoms with E-state index in [1.165, 1.54) is 17.5 Å². The van der Waals surface area contributed by atoms with Crippen molar-refractivity contribution in [2.45, 2.75) is 61.6 Å². The number of benzene rings is 4. The summed E-state index contributed by atoms with van der Waals surface area (Å²) in [6.45, 7) is 1.94. The number of aliphatic carboxylic acids is 1. The first-order valence-electron chi connectivity index (χ1n) is 18.0. The van der Waals surface area contributed by atoms with Gasteiger partial charge in [0.15, 0.2) is 0 Å². The van der Waals surface area contributed by atoms with Crippen LogP contribution in [0.1, 0.15) is 81.1 Å². The molecule has 0 radical (unpaired) electrons.